The van der Waals surface area contributed by atoms with Crippen molar-refractivity contribution in [2.45, 2.75) is 30.8 Å². The third-order valence-electron chi connectivity index (χ3n) is 3.58. The molecular formula is C13H19FN2O3S. The van der Waals surface area contributed by atoms with Gasteiger partial charge in [-0.15, -0.1) is 0 Å². The van der Waals surface area contributed by atoms with Gasteiger partial charge >= 0.3 is 0 Å². The molecule has 2 atom stereocenters. The van der Waals surface area contributed by atoms with Crippen LogP contribution in [0.5, 0.6) is 0 Å². The molecule has 0 radical (unpaired) electrons. The number of rotatable bonds is 5. The largest absolute Gasteiger partial charge is 0.381 e. The highest BCUT2D eigenvalue weighted by atomic mass is 32.2. The number of hydrogen-bond acceptors (Lipinski definition) is 4. The zero-order chi connectivity index (χ0) is 14.8. The van der Waals surface area contributed by atoms with E-state index < -0.39 is 15.8 Å². The van der Waals surface area contributed by atoms with E-state index in [9.17, 15) is 12.8 Å². The average molecular weight is 302 g/mol. The molecule has 2 rings (SSSR count). The van der Waals surface area contributed by atoms with Crippen LogP contribution in [0.15, 0.2) is 23.1 Å². The van der Waals surface area contributed by atoms with Crippen LogP contribution in [0.1, 0.15) is 18.9 Å². The lowest BCUT2D eigenvalue weighted by atomic mass is 10.0. The number of nitrogens with two attached hydrogens (primary N) is 1. The molecular weight excluding hydrogens is 283 g/mol. The van der Waals surface area contributed by atoms with Crippen LogP contribution in [0.25, 0.3) is 0 Å². The standard InChI is InChI=1S/C13H19FN2O3S/c1-9(10-5-6-19-8-10)16-20(17,18)13-4-2-3-12(14)11(13)7-15/h2-4,9-10,16H,5-8,15H2,1H3. The molecule has 2 unspecified atom stereocenters. The Morgan fingerprint density at radius 1 is 1.55 bits per heavy atom. The molecule has 0 amide bonds. The second kappa shape index (κ2) is 6.17. The van der Waals surface area contributed by atoms with Gasteiger partial charge in [-0.1, -0.05) is 6.07 Å². The fourth-order valence-electron chi connectivity index (χ4n) is 2.34. The van der Waals surface area contributed by atoms with Gasteiger partial charge in [0.2, 0.25) is 10.0 Å². The fourth-order valence-corrected chi connectivity index (χ4v) is 3.91. The van der Waals surface area contributed by atoms with E-state index in [1.54, 1.807) is 6.92 Å². The van der Waals surface area contributed by atoms with Crippen molar-refractivity contribution in [3.63, 3.8) is 0 Å². The van der Waals surface area contributed by atoms with Gasteiger partial charge in [-0.25, -0.2) is 17.5 Å². The molecule has 1 fully saturated rings. The second-order valence-corrected chi connectivity index (χ2v) is 6.64. The van der Waals surface area contributed by atoms with Gasteiger partial charge in [0, 0.05) is 30.7 Å². The summed E-state index contributed by atoms with van der Waals surface area (Å²) in [6.45, 7) is 2.81. The topological polar surface area (TPSA) is 81.4 Å². The molecule has 0 bridgehead atoms. The van der Waals surface area contributed by atoms with Gasteiger partial charge in [-0.3, -0.25) is 0 Å². The highest BCUT2D eigenvalue weighted by Crippen LogP contribution is 2.21. The first-order valence-electron chi connectivity index (χ1n) is 6.53. The first-order chi connectivity index (χ1) is 9.45. The molecule has 0 aromatic heterocycles. The molecule has 1 saturated heterocycles. The van der Waals surface area contributed by atoms with E-state index in [2.05, 4.69) is 4.72 Å². The Bertz CT molecular complexity index is 571. The van der Waals surface area contributed by atoms with Crippen LogP contribution in [0, 0.1) is 11.7 Å². The molecule has 1 aromatic carbocycles. The summed E-state index contributed by atoms with van der Waals surface area (Å²) >= 11 is 0. The van der Waals surface area contributed by atoms with Crippen molar-refractivity contribution in [2.75, 3.05) is 13.2 Å². The summed E-state index contributed by atoms with van der Waals surface area (Å²) in [5, 5.41) is 0. The van der Waals surface area contributed by atoms with Crippen LogP contribution in [0.3, 0.4) is 0 Å². The molecule has 7 heteroatoms. The predicted molar refractivity (Wildman–Crippen MR) is 73.0 cm³/mol. The van der Waals surface area contributed by atoms with Crippen LogP contribution in [0.2, 0.25) is 0 Å². The Balaban J connectivity index is 2.24. The summed E-state index contributed by atoms with van der Waals surface area (Å²) in [6.07, 6.45) is 0.816. The van der Waals surface area contributed by atoms with Gasteiger partial charge < -0.3 is 10.5 Å². The minimum atomic E-state index is -3.79. The maximum Gasteiger partial charge on any atom is 0.241 e. The first-order valence-corrected chi connectivity index (χ1v) is 8.01. The molecule has 3 N–H and O–H groups in total. The van der Waals surface area contributed by atoms with E-state index in [0.29, 0.717) is 13.2 Å². The molecule has 0 aliphatic carbocycles. The molecule has 1 heterocycles. The molecule has 112 valence electrons. The lowest BCUT2D eigenvalue weighted by Crippen LogP contribution is -2.38. The van der Waals surface area contributed by atoms with E-state index in [4.69, 9.17) is 10.5 Å². The molecule has 1 aliphatic heterocycles. The number of nitrogens with one attached hydrogen (secondary N) is 1. The van der Waals surface area contributed by atoms with Crippen molar-refractivity contribution < 1.29 is 17.5 Å². The molecule has 1 aliphatic rings. The monoisotopic (exact) mass is 302 g/mol. The molecule has 5 nitrogen and oxygen atoms in total. The second-order valence-electron chi connectivity index (χ2n) is 4.95. The van der Waals surface area contributed by atoms with E-state index in [0.717, 1.165) is 6.42 Å². The van der Waals surface area contributed by atoms with Crippen LogP contribution in [-0.2, 0) is 21.3 Å². The first kappa shape index (κ1) is 15.4. The zero-order valence-corrected chi connectivity index (χ0v) is 12.1. The van der Waals surface area contributed by atoms with Gasteiger partial charge in [0.25, 0.3) is 0 Å². The van der Waals surface area contributed by atoms with E-state index in [-0.39, 0.29) is 29.0 Å². The maximum atomic E-state index is 13.6. The van der Waals surface area contributed by atoms with Crippen LogP contribution in [-0.4, -0.2) is 27.7 Å². The Morgan fingerprint density at radius 2 is 2.30 bits per heavy atom. The predicted octanol–water partition coefficient (Wildman–Crippen LogP) is 0.988. The van der Waals surface area contributed by atoms with E-state index in [1.807, 2.05) is 0 Å². The number of ether oxygens (including phenoxy) is 1. The average Bonchev–Trinajstić information content (AvgIpc) is 2.91. The summed E-state index contributed by atoms with van der Waals surface area (Å²) in [6, 6.07) is 3.67. The van der Waals surface area contributed by atoms with Gasteiger partial charge in [0.1, 0.15) is 5.82 Å². The number of halogens is 1. The number of sulfonamides is 1. The summed E-state index contributed by atoms with van der Waals surface area (Å²) < 4.78 is 46.2. The summed E-state index contributed by atoms with van der Waals surface area (Å²) in [5.74, 6) is -0.466. The Hall–Kier alpha value is -1.02. The summed E-state index contributed by atoms with van der Waals surface area (Å²) in [7, 11) is -3.79. The van der Waals surface area contributed by atoms with Gasteiger partial charge in [0.05, 0.1) is 11.5 Å². The summed E-state index contributed by atoms with van der Waals surface area (Å²) in [4.78, 5) is -0.0919. The van der Waals surface area contributed by atoms with Gasteiger partial charge in [-0.05, 0) is 25.5 Å². The lowest BCUT2D eigenvalue weighted by molar-refractivity contribution is 0.180. The van der Waals surface area contributed by atoms with Crippen molar-refractivity contribution in [3.05, 3.63) is 29.6 Å². The van der Waals surface area contributed by atoms with Gasteiger partial charge in [-0.2, -0.15) is 0 Å². The van der Waals surface area contributed by atoms with Crippen molar-refractivity contribution >= 4 is 10.0 Å². The minimum Gasteiger partial charge on any atom is -0.381 e. The fraction of sp³-hybridized carbons (Fsp3) is 0.538. The lowest BCUT2D eigenvalue weighted by Gasteiger charge is -2.20. The SMILES string of the molecule is CC(NS(=O)(=O)c1cccc(F)c1CN)C1CCOC1. The van der Waals surface area contributed by atoms with Crippen molar-refractivity contribution in [3.8, 4) is 0 Å². The smallest absolute Gasteiger partial charge is 0.241 e. The molecule has 0 saturated carbocycles. The highest BCUT2D eigenvalue weighted by molar-refractivity contribution is 7.89. The van der Waals surface area contributed by atoms with Crippen molar-refractivity contribution in [1.29, 1.82) is 0 Å². The van der Waals surface area contributed by atoms with Crippen LogP contribution >= 0.6 is 0 Å². The Morgan fingerprint density at radius 3 is 2.90 bits per heavy atom. The molecule has 1 aromatic rings. The normalized spacial score (nSPS) is 21.1. The van der Waals surface area contributed by atoms with Crippen molar-refractivity contribution in [2.24, 2.45) is 11.7 Å². The quantitative estimate of drug-likeness (QED) is 0.850. The van der Waals surface area contributed by atoms with Crippen LogP contribution < -0.4 is 10.5 Å². The Labute approximate surface area is 118 Å². The van der Waals surface area contributed by atoms with E-state index in [1.165, 1.54) is 18.2 Å². The van der Waals surface area contributed by atoms with Crippen molar-refractivity contribution in [1.82, 2.24) is 4.72 Å². The third-order valence-corrected chi connectivity index (χ3v) is 5.23. The number of hydrogen-bond donors (Lipinski definition) is 2. The maximum absolute atomic E-state index is 13.6. The Kier molecular flexibility index (Phi) is 4.74. The van der Waals surface area contributed by atoms with E-state index >= 15 is 0 Å². The van der Waals surface area contributed by atoms with Gasteiger partial charge in [0.15, 0.2) is 0 Å². The molecule has 0 spiro atoms. The minimum absolute atomic E-state index is 0.00914. The molecule has 20 heavy (non-hydrogen) atoms. The highest BCUT2D eigenvalue weighted by Gasteiger charge is 2.28. The third kappa shape index (κ3) is 3.17. The van der Waals surface area contributed by atoms with Crippen LogP contribution in [0.4, 0.5) is 4.39 Å². The summed E-state index contributed by atoms with van der Waals surface area (Å²) in [5.41, 5.74) is 5.46. The zero-order valence-electron chi connectivity index (χ0n) is 11.3. The number of benzene rings is 1.